The van der Waals surface area contributed by atoms with E-state index in [-0.39, 0.29) is 12.3 Å². The van der Waals surface area contributed by atoms with Crippen LogP contribution in [0.2, 0.25) is 0 Å². The molecule has 4 nitrogen and oxygen atoms in total. The van der Waals surface area contributed by atoms with Crippen molar-refractivity contribution >= 4 is 23.0 Å². The number of rotatable bonds is 4. The van der Waals surface area contributed by atoms with Crippen LogP contribution >= 0.6 is 0 Å². The van der Waals surface area contributed by atoms with E-state index in [2.05, 4.69) is 5.32 Å². The summed E-state index contributed by atoms with van der Waals surface area (Å²) >= 11 is 0. The number of Topliss-reactive ketones (excluding diaryl/α,β-unsaturated/α-hetero) is 1. The molecule has 0 aliphatic heterocycles. The lowest BCUT2D eigenvalue weighted by Crippen LogP contribution is -2.21. The van der Waals surface area contributed by atoms with Crippen LogP contribution in [0.25, 0.3) is 11.3 Å². The van der Waals surface area contributed by atoms with Crippen LogP contribution in [0.1, 0.15) is 21.5 Å². The molecule has 2 N–H and O–H groups in total. The number of hydrogen-bond acceptors (Lipinski definition) is 3. The summed E-state index contributed by atoms with van der Waals surface area (Å²) < 4.78 is 0. The Morgan fingerprint density at radius 1 is 0.952 bits per heavy atom. The number of allylic oxidation sites excluding steroid dienone is 1. The molecule has 21 heavy (non-hydrogen) atoms. The van der Waals surface area contributed by atoms with Gasteiger partial charge in [0.15, 0.2) is 5.78 Å². The second-order valence-electron chi connectivity index (χ2n) is 4.74. The fourth-order valence-electron chi connectivity index (χ4n) is 2.51. The normalized spacial score (nSPS) is 13.2. The van der Waals surface area contributed by atoms with Crippen LogP contribution in [0, 0.1) is 0 Å². The standard InChI is InChI=1S/C17H13NO3/c19-14(20)10-18-16-12-8-4-5-9-13(12)17(21)15(16)11-6-2-1-3-7-11/h1-9,18H,10H2,(H,19,20). The molecule has 0 bridgehead atoms. The van der Waals surface area contributed by atoms with Gasteiger partial charge in [-0.1, -0.05) is 54.6 Å². The zero-order chi connectivity index (χ0) is 14.8. The van der Waals surface area contributed by atoms with Crippen LogP contribution in [0.15, 0.2) is 54.6 Å². The molecule has 0 saturated heterocycles. The van der Waals surface area contributed by atoms with Crippen LogP contribution in [-0.4, -0.2) is 23.4 Å². The van der Waals surface area contributed by atoms with E-state index in [1.54, 1.807) is 12.1 Å². The number of carbonyl (C=O) groups excluding carboxylic acids is 1. The van der Waals surface area contributed by atoms with Crippen molar-refractivity contribution in [3.05, 3.63) is 71.3 Å². The van der Waals surface area contributed by atoms with Crippen molar-refractivity contribution in [2.75, 3.05) is 6.54 Å². The summed E-state index contributed by atoms with van der Waals surface area (Å²) in [6.45, 7) is -0.229. The lowest BCUT2D eigenvalue weighted by Gasteiger charge is -2.09. The number of benzene rings is 2. The number of ketones is 1. The first-order valence-electron chi connectivity index (χ1n) is 6.58. The number of fused-ring (bicyclic) bond motifs is 1. The number of carboxylic acid groups (broad SMARTS) is 1. The Kier molecular flexibility index (Phi) is 3.28. The first kappa shape index (κ1) is 13.1. The topological polar surface area (TPSA) is 66.4 Å². The first-order chi connectivity index (χ1) is 10.2. The van der Waals surface area contributed by atoms with Gasteiger partial charge in [0.05, 0.1) is 11.3 Å². The number of nitrogens with one attached hydrogen (secondary N) is 1. The minimum atomic E-state index is -0.966. The van der Waals surface area contributed by atoms with Crippen molar-refractivity contribution in [3.63, 3.8) is 0 Å². The van der Waals surface area contributed by atoms with Gasteiger partial charge >= 0.3 is 5.97 Å². The van der Waals surface area contributed by atoms with E-state index in [0.29, 0.717) is 16.8 Å². The molecule has 4 heteroatoms. The van der Waals surface area contributed by atoms with E-state index < -0.39 is 5.97 Å². The van der Waals surface area contributed by atoms with Crippen LogP contribution in [0.4, 0.5) is 0 Å². The Labute approximate surface area is 121 Å². The monoisotopic (exact) mass is 279 g/mol. The predicted molar refractivity (Wildman–Crippen MR) is 79.7 cm³/mol. The number of hydrogen-bond donors (Lipinski definition) is 2. The molecule has 3 rings (SSSR count). The van der Waals surface area contributed by atoms with E-state index in [4.69, 9.17) is 5.11 Å². The maximum atomic E-state index is 12.6. The zero-order valence-electron chi connectivity index (χ0n) is 11.2. The number of carbonyl (C=O) groups is 2. The summed E-state index contributed by atoms with van der Waals surface area (Å²) in [5, 5.41) is 11.7. The third kappa shape index (κ3) is 2.31. The molecule has 0 spiro atoms. The Morgan fingerprint density at radius 3 is 2.24 bits per heavy atom. The maximum Gasteiger partial charge on any atom is 0.322 e. The van der Waals surface area contributed by atoms with Crippen LogP contribution < -0.4 is 5.32 Å². The molecule has 0 aromatic heterocycles. The molecular weight excluding hydrogens is 266 g/mol. The SMILES string of the molecule is O=C(O)CNC1=C(c2ccccc2)C(=O)c2ccccc21. The average Bonchev–Trinajstić information content (AvgIpc) is 2.79. The van der Waals surface area contributed by atoms with E-state index in [1.165, 1.54) is 0 Å². The summed E-state index contributed by atoms with van der Waals surface area (Å²) in [4.78, 5) is 23.4. The van der Waals surface area contributed by atoms with Gasteiger partial charge in [-0.15, -0.1) is 0 Å². The van der Waals surface area contributed by atoms with Crippen molar-refractivity contribution in [2.45, 2.75) is 0 Å². The Hall–Kier alpha value is -2.88. The molecule has 1 aliphatic carbocycles. The number of aliphatic carboxylic acids is 1. The highest BCUT2D eigenvalue weighted by Gasteiger charge is 2.30. The second kappa shape index (κ2) is 5.25. The average molecular weight is 279 g/mol. The molecule has 0 fully saturated rings. The van der Waals surface area contributed by atoms with Crippen molar-refractivity contribution in [2.24, 2.45) is 0 Å². The molecule has 0 atom stereocenters. The largest absolute Gasteiger partial charge is 0.480 e. The predicted octanol–water partition coefficient (Wildman–Crippen LogP) is 2.43. The van der Waals surface area contributed by atoms with E-state index in [0.717, 1.165) is 11.1 Å². The maximum absolute atomic E-state index is 12.6. The molecule has 0 heterocycles. The highest BCUT2D eigenvalue weighted by molar-refractivity contribution is 6.39. The van der Waals surface area contributed by atoms with Gasteiger partial charge in [0.25, 0.3) is 0 Å². The van der Waals surface area contributed by atoms with Crippen molar-refractivity contribution < 1.29 is 14.7 Å². The third-order valence-electron chi connectivity index (χ3n) is 3.40. The minimum Gasteiger partial charge on any atom is -0.480 e. The smallest absolute Gasteiger partial charge is 0.322 e. The van der Waals surface area contributed by atoms with Gasteiger partial charge in [-0.05, 0) is 5.56 Å². The number of carboxylic acids is 1. The third-order valence-corrected chi connectivity index (χ3v) is 3.40. The van der Waals surface area contributed by atoms with Gasteiger partial charge < -0.3 is 10.4 Å². The van der Waals surface area contributed by atoms with E-state index in [1.807, 2.05) is 42.5 Å². The van der Waals surface area contributed by atoms with E-state index >= 15 is 0 Å². The fourth-order valence-corrected chi connectivity index (χ4v) is 2.51. The zero-order valence-corrected chi connectivity index (χ0v) is 11.2. The highest BCUT2D eigenvalue weighted by atomic mass is 16.4. The van der Waals surface area contributed by atoms with Gasteiger partial charge in [0, 0.05) is 11.1 Å². The van der Waals surface area contributed by atoms with Gasteiger partial charge in [0.2, 0.25) is 0 Å². The van der Waals surface area contributed by atoms with Crippen molar-refractivity contribution in [1.29, 1.82) is 0 Å². The van der Waals surface area contributed by atoms with Gasteiger partial charge in [-0.2, -0.15) is 0 Å². The summed E-state index contributed by atoms with van der Waals surface area (Å²) in [6, 6.07) is 16.5. The van der Waals surface area contributed by atoms with Gasteiger partial charge in [0.1, 0.15) is 6.54 Å². The van der Waals surface area contributed by atoms with Crippen LogP contribution in [0.3, 0.4) is 0 Å². The Balaban J connectivity index is 2.14. The fraction of sp³-hybridized carbons (Fsp3) is 0.0588. The summed E-state index contributed by atoms with van der Waals surface area (Å²) in [5.41, 5.74) is 3.25. The lowest BCUT2D eigenvalue weighted by atomic mass is 10.0. The Bertz CT molecular complexity index is 748. The van der Waals surface area contributed by atoms with Crippen molar-refractivity contribution in [3.8, 4) is 0 Å². The summed E-state index contributed by atoms with van der Waals surface area (Å²) in [5.74, 6) is -1.04. The minimum absolute atomic E-state index is 0.0790. The van der Waals surface area contributed by atoms with Crippen LogP contribution in [-0.2, 0) is 4.79 Å². The lowest BCUT2D eigenvalue weighted by molar-refractivity contribution is -0.135. The van der Waals surface area contributed by atoms with Gasteiger partial charge in [-0.25, -0.2) is 0 Å². The molecule has 2 aromatic rings. The molecule has 0 saturated carbocycles. The molecule has 1 aliphatic rings. The molecular formula is C17H13NO3. The van der Waals surface area contributed by atoms with Gasteiger partial charge in [-0.3, -0.25) is 9.59 Å². The molecule has 0 radical (unpaired) electrons. The first-order valence-corrected chi connectivity index (χ1v) is 6.58. The molecule has 0 unspecified atom stereocenters. The van der Waals surface area contributed by atoms with Crippen LogP contribution in [0.5, 0.6) is 0 Å². The molecule has 104 valence electrons. The summed E-state index contributed by atoms with van der Waals surface area (Å²) in [6.07, 6.45) is 0. The molecule has 2 aromatic carbocycles. The van der Waals surface area contributed by atoms with Crippen molar-refractivity contribution in [1.82, 2.24) is 5.32 Å². The van der Waals surface area contributed by atoms with E-state index in [9.17, 15) is 9.59 Å². The summed E-state index contributed by atoms with van der Waals surface area (Å²) in [7, 11) is 0. The highest BCUT2D eigenvalue weighted by Crippen LogP contribution is 2.36. The molecule has 0 amide bonds. The second-order valence-corrected chi connectivity index (χ2v) is 4.74. The quantitative estimate of drug-likeness (QED) is 0.902. The Morgan fingerprint density at radius 2 is 1.57 bits per heavy atom.